The van der Waals surface area contributed by atoms with Crippen LogP contribution in [0.25, 0.3) is 0 Å². The molecular formula is C22H25F3N3O3+. The Kier molecular flexibility index (Phi) is 6.84. The van der Waals surface area contributed by atoms with Crippen molar-refractivity contribution in [2.45, 2.75) is 38.4 Å². The molecule has 0 aliphatic heterocycles. The number of halogens is 3. The average Bonchev–Trinajstić information content (AvgIpc) is 2.74. The highest BCUT2D eigenvalue weighted by molar-refractivity contribution is 5.98. The first-order valence-corrected chi connectivity index (χ1v) is 10.1. The van der Waals surface area contributed by atoms with E-state index in [0.29, 0.717) is 37.9 Å². The van der Waals surface area contributed by atoms with E-state index in [2.05, 4.69) is 16.4 Å². The number of hydrogen-bond acceptors (Lipinski definition) is 3. The average molecular weight is 436 g/mol. The molecule has 9 heteroatoms. The molecule has 0 spiro atoms. The van der Waals surface area contributed by atoms with Crippen molar-refractivity contribution in [2.75, 3.05) is 10.6 Å². The number of amides is 1. The van der Waals surface area contributed by atoms with Crippen LogP contribution in [0.5, 0.6) is 0 Å². The van der Waals surface area contributed by atoms with Crippen LogP contribution in [0.1, 0.15) is 36.8 Å². The zero-order valence-corrected chi connectivity index (χ0v) is 16.8. The molecule has 0 saturated heterocycles. The predicted molar refractivity (Wildman–Crippen MR) is 109 cm³/mol. The van der Waals surface area contributed by atoms with E-state index >= 15 is 0 Å². The van der Waals surface area contributed by atoms with Crippen LogP contribution in [-0.4, -0.2) is 17.0 Å². The molecule has 3 rings (SSSR count). The van der Waals surface area contributed by atoms with Crippen LogP contribution in [0.15, 0.2) is 42.5 Å². The Morgan fingerprint density at radius 1 is 1.00 bits per heavy atom. The van der Waals surface area contributed by atoms with Gasteiger partial charge in [-0.1, -0.05) is 25.0 Å². The van der Waals surface area contributed by atoms with Gasteiger partial charge in [-0.05, 0) is 43.2 Å². The summed E-state index contributed by atoms with van der Waals surface area (Å²) in [5, 5.41) is 15.0. The van der Waals surface area contributed by atoms with Gasteiger partial charge >= 0.3 is 12.1 Å². The first kappa shape index (κ1) is 22.6. The van der Waals surface area contributed by atoms with Crippen molar-refractivity contribution in [3.63, 3.8) is 0 Å². The molecule has 166 valence electrons. The number of hydrogen-bond donors (Lipinski definition) is 4. The normalized spacial score (nSPS) is 19.0. The topological polar surface area (TPSA) is 106 Å². The van der Waals surface area contributed by atoms with Crippen molar-refractivity contribution in [3.8, 4) is 0 Å². The molecule has 1 aliphatic carbocycles. The van der Waals surface area contributed by atoms with Gasteiger partial charge in [0.15, 0.2) is 0 Å². The maximum Gasteiger partial charge on any atom is 0.416 e. The lowest BCUT2D eigenvalue weighted by molar-refractivity contribution is -0.386. The fourth-order valence-corrected chi connectivity index (χ4v) is 3.81. The van der Waals surface area contributed by atoms with E-state index in [9.17, 15) is 27.9 Å². The van der Waals surface area contributed by atoms with Crippen molar-refractivity contribution in [2.24, 2.45) is 11.8 Å². The highest BCUT2D eigenvalue weighted by Crippen LogP contribution is 2.37. The minimum atomic E-state index is -4.58. The molecule has 1 amide bonds. The van der Waals surface area contributed by atoms with Crippen molar-refractivity contribution >= 4 is 28.9 Å². The largest absolute Gasteiger partial charge is 0.481 e. The lowest BCUT2D eigenvalue weighted by atomic mass is 9.78. The van der Waals surface area contributed by atoms with E-state index in [0.717, 1.165) is 17.7 Å². The van der Waals surface area contributed by atoms with Crippen LogP contribution in [0.4, 0.5) is 30.2 Å². The summed E-state index contributed by atoms with van der Waals surface area (Å²) in [5.74, 6) is -3.27. The lowest BCUT2D eigenvalue weighted by Gasteiger charge is -2.28. The Hall–Kier alpha value is -3.07. The third-order valence-electron chi connectivity index (χ3n) is 5.55. The molecule has 6 N–H and O–H groups in total. The van der Waals surface area contributed by atoms with E-state index in [1.54, 1.807) is 12.1 Å². The number of alkyl halides is 3. The van der Waals surface area contributed by atoms with E-state index in [1.807, 2.05) is 12.1 Å². The van der Waals surface area contributed by atoms with Crippen LogP contribution >= 0.6 is 0 Å². The molecule has 0 heterocycles. The van der Waals surface area contributed by atoms with E-state index in [4.69, 9.17) is 0 Å². The first-order chi connectivity index (χ1) is 14.7. The third-order valence-corrected chi connectivity index (χ3v) is 5.55. The van der Waals surface area contributed by atoms with Crippen LogP contribution < -0.4 is 16.4 Å². The number of benzene rings is 2. The van der Waals surface area contributed by atoms with Crippen molar-refractivity contribution in [1.82, 2.24) is 0 Å². The third kappa shape index (κ3) is 5.55. The first-order valence-electron chi connectivity index (χ1n) is 10.1. The summed E-state index contributed by atoms with van der Waals surface area (Å²) in [6.45, 7) is 0.605. The molecule has 0 unspecified atom stereocenters. The fourth-order valence-electron chi connectivity index (χ4n) is 3.81. The molecule has 6 nitrogen and oxygen atoms in total. The van der Waals surface area contributed by atoms with E-state index in [1.165, 1.54) is 6.07 Å². The van der Waals surface area contributed by atoms with Crippen LogP contribution in [0, 0.1) is 11.8 Å². The van der Waals surface area contributed by atoms with Gasteiger partial charge in [-0.2, -0.15) is 13.2 Å². The number of aliphatic carboxylic acids is 1. The van der Waals surface area contributed by atoms with Crippen LogP contribution in [0.2, 0.25) is 0 Å². The number of carbonyl (C=O) groups is 2. The predicted octanol–water partition coefficient (Wildman–Crippen LogP) is 4.02. The molecule has 2 aromatic rings. The monoisotopic (exact) mass is 436 g/mol. The quantitative estimate of drug-likeness (QED) is 0.549. The Morgan fingerprint density at radius 3 is 2.23 bits per heavy atom. The van der Waals surface area contributed by atoms with Gasteiger partial charge in [0.05, 0.1) is 35.3 Å². The molecule has 1 fully saturated rings. The summed E-state index contributed by atoms with van der Waals surface area (Å²) >= 11 is 0. The van der Waals surface area contributed by atoms with Gasteiger partial charge < -0.3 is 21.5 Å². The zero-order valence-electron chi connectivity index (χ0n) is 16.8. The molecule has 31 heavy (non-hydrogen) atoms. The Morgan fingerprint density at radius 2 is 1.65 bits per heavy atom. The van der Waals surface area contributed by atoms with Crippen LogP contribution in [0.3, 0.4) is 0 Å². The number of carbonyl (C=O) groups excluding carboxylic acids is 1. The van der Waals surface area contributed by atoms with E-state index in [-0.39, 0.29) is 11.4 Å². The molecule has 2 aromatic carbocycles. The number of carboxylic acid groups (broad SMARTS) is 1. The maximum atomic E-state index is 13.3. The van der Waals surface area contributed by atoms with Gasteiger partial charge in [0.25, 0.3) is 0 Å². The second kappa shape index (κ2) is 9.38. The Balaban J connectivity index is 1.89. The van der Waals surface area contributed by atoms with Gasteiger partial charge in [0.1, 0.15) is 0 Å². The fraction of sp³-hybridized carbons (Fsp3) is 0.364. The van der Waals surface area contributed by atoms with Gasteiger partial charge in [0, 0.05) is 11.3 Å². The van der Waals surface area contributed by atoms with Gasteiger partial charge in [-0.25, -0.2) is 0 Å². The zero-order chi connectivity index (χ0) is 22.6. The summed E-state index contributed by atoms with van der Waals surface area (Å²) in [7, 11) is 0. The minimum Gasteiger partial charge on any atom is -0.481 e. The highest BCUT2D eigenvalue weighted by Gasteiger charge is 2.36. The number of quaternary nitrogens is 1. The smallest absolute Gasteiger partial charge is 0.416 e. The lowest BCUT2D eigenvalue weighted by Crippen LogP contribution is -2.47. The van der Waals surface area contributed by atoms with E-state index < -0.39 is 35.5 Å². The van der Waals surface area contributed by atoms with Crippen molar-refractivity contribution < 1.29 is 33.6 Å². The van der Waals surface area contributed by atoms with Gasteiger partial charge in [0.2, 0.25) is 5.91 Å². The van der Waals surface area contributed by atoms with Gasteiger partial charge in [-0.3, -0.25) is 9.59 Å². The SMILES string of the molecule is [NH3+]Cc1ccc(Nc2ccc(C(F)(F)F)cc2NC(=O)[C@H]2CCCC[C@@H]2C(=O)O)cc1. The van der Waals surface area contributed by atoms with Crippen molar-refractivity contribution in [1.29, 1.82) is 0 Å². The van der Waals surface area contributed by atoms with Gasteiger partial charge in [-0.15, -0.1) is 0 Å². The Labute approximate surface area is 177 Å². The summed E-state index contributed by atoms with van der Waals surface area (Å²) in [5.41, 5.74) is 4.77. The molecule has 1 aliphatic rings. The summed E-state index contributed by atoms with van der Waals surface area (Å²) < 4.78 is 39.8. The minimum absolute atomic E-state index is 0.0456. The molecule has 1 saturated carbocycles. The number of rotatable bonds is 6. The second-order valence-electron chi connectivity index (χ2n) is 7.65. The highest BCUT2D eigenvalue weighted by atomic mass is 19.4. The molecule has 0 bridgehead atoms. The standard InChI is InChI=1S/C22H24F3N3O3/c23-22(24,25)14-7-10-18(27-15-8-5-13(12-26)6-9-15)19(11-14)28-20(29)16-3-1-2-4-17(16)21(30)31/h5-11,16-17,27H,1-4,12,26H2,(H,28,29)(H,30,31)/p+1/t16-,17-/m0/s1. The molecular weight excluding hydrogens is 411 g/mol. The molecule has 0 radical (unpaired) electrons. The maximum absolute atomic E-state index is 13.3. The number of anilines is 3. The summed E-state index contributed by atoms with van der Waals surface area (Å²) in [6, 6.07) is 10.3. The van der Waals surface area contributed by atoms with Crippen molar-refractivity contribution in [3.05, 3.63) is 53.6 Å². The Bertz CT molecular complexity index is 945. The van der Waals surface area contributed by atoms with Crippen LogP contribution in [-0.2, 0) is 22.3 Å². The molecule has 0 aromatic heterocycles. The second-order valence-corrected chi connectivity index (χ2v) is 7.65. The summed E-state index contributed by atoms with van der Waals surface area (Å²) in [4.78, 5) is 24.4. The number of carboxylic acids is 1. The summed E-state index contributed by atoms with van der Waals surface area (Å²) in [6.07, 6.45) is -2.41. The number of nitrogens with one attached hydrogen (secondary N) is 2. The molecule has 2 atom stereocenters.